The van der Waals surface area contributed by atoms with E-state index >= 15 is 8.78 Å². The predicted octanol–water partition coefficient (Wildman–Crippen LogP) is 2.92. The van der Waals surface area contributed by atoms with Gasteiger partial charge in [-0.2, -0.15) is 8.78 Å². The Kier molecular flexibility index (Phi) is 12.7. The standard InChI is InChI=1S/C34H42F2N4O7/c1-20(2)26(28(41)34(35,36)33(46)37-18-17-22-10-7-6-8-11-22)38-30(43)25-12-9-19-40(25)31(44)27(21(3)4)39-29(42)23-13-15-24(16-14-23)32(45)47-5/h6-8,10-11,13-16,20-21,25-27H,9,12,17-19H2,1-5H3,(H,37,46)(H,38,43)(H,39,42)/t25-,26?,27-/m0/s1. The second kappa shape index (κ2) is 16.2. The normalized spacial score (nSPS) is 15.9. The highest BCUT2D eigenvalue weighted by Crippen LogP contribution is 2.24. The molecule has 2 aromatic carbocycles. The van der Waals surface area contributed by atoms with Crippen LogP contribution in [0.2, 0.25) is 0 Å². The first-order valence-electron chi connectivity index (χ1n) is 15.5. The Hall–Kier alpha value is -4.68. The predicted molar refractivity (Wildman–Crippen MR) is 168 cm³/mol. The lowest BCUT2D eigenvalue weighted by Crippen LogP contribution is -2.60. The van der Waals surface area contributed by atoms with Crippen molar-refractivity contribution in [3.05, 3.63) is 71.3 Å². The summed E-state index contributed by atoms with van der Waals surface area (Å²) in [5.74, 6) is -11.6. The summed E-state index contributed by atoms with van der Waals surface area (Å²) in [5.41, 5.74) is 1.25. The van der Waals surface area contributed by atoms with Gasteiger partial charge in [-0.05, 0) is 60.9 Å². The first kappa shape index (κ1) is 36.8. The number of methoxy groups -OCH3 is 1. The van der Waals surface area contributed by atoms with Gasteiger partial charge in [-0.15, -0.1) is 0 Å². The van der Waals surface area contributed by atoms with Crippen molar-refractivity contribution in [3.8, 4) is 0 Å². The number of esters is 1. The third kappa shape index (κ3) is 9.20. The molecule has 1 aliphatic heterocycles. The van der Waals surface area contributed by atoms with Crippen molar-refractivity contribution in [1.29, 1.82) is 0 Å². The molecule has 0 saturated carbocycles. The topological polar surface area (TPSA) is 151 Å². The van der Waals surface area contributed by atoms with E-state index in [4.69, 9.17) is 0 Å². The summed E-state index contributed by atoms with van der Waals surface area (Å²) in [6, 6.07) is 10.7. The highest BCUT2D eigenvalue weighted by molar-refractivity contribution is 6.10. The van der Waals surface area contributed by atoms with Gasteiger partial charge in [0, 0.05) is 18.7 Å². The maximum absolute atomic E-state index is 15.1. The van der Waals surface area contributed by atoms with E-state index < -0.39 is 71.3 Å². The van der Waals surface area contributed by atoms with Gasteiger partial charge in [-0.25, -0.2) is 4.79 Å². The number of Topliss-reactive ketones (excluding diaryl/α,β-unsaturated/α-hetero) is 1. The molecule has 0 spiro atoms. The molecule has 47 heavy (non-hydrogen) atoms. The van der Waals surface area contributed by atoms with Gasteiger partial charge in [0.15, 0.2) is 0 Å². The molecule has 0 bridgehead atoms. The fourth-order valence-corrected chi connectivity index (χ4v) is 5.26. The summed E-state index contributed by atoms with van der Waals surface area (Å²) in [4.78, 5) is 78.5. The number of rotatable bonds is 14. The highest BCUT2D eigenvalue weighted by Gasteiger charge is 2.51. The van der Waals surface area contributed by atoms with Gasteiger partial charge in [0.2, 0.25) is 17.6 Å². The molecule has 3 atom stereocenters. The maximum atomic E-state index is 15.1. The van der Waals surface area contributed by atoms with Crippen LogP contribution in [0.1, 0.15) is 66.8 Å². The number of nitrogens with one attached hydrogen (secondary N) is 3. The number of ketones is 1. The smallest absolute Gasteiger partial charge is 0.383 e. The number of halogens is 2. The minimum Gasteiger partial charge on any atom is -0.465 e. The lowest BCUT2D eigenvalue weighted by Gasteiger charge is -2.32. The molecular weight excluding hydrogens is 614 g/mol. The molecule has 1 saturated heterocycles. The zero-order chi connectivity index (χ0) is 34.9. The van der Waals surface area contributed by atoms with Crippen molar-refractivity contribution in [3.63, 3.8) is 0 Å². The third-order valence-corrected chi connectivity index (χ3v) is 8.01. The number of carbonyl (C=O) groups excluding carboxylic acids is 6. The number of likely N-dealkylation sites (tertiary alicyclic amines) is 1. The average Bonchev–Trinajstić information content (AvgIpc) is 3.55. The lowest BCUT2D eigenvalue weighted by atomic mass is 9.94. The van der Waals surface area contributed by atoms with E-state index in [1.807, 2.05) is 0 Å². The molecule has 0 aromatic heterocycles. The highest BCUT2D eigenvalue weighted by atomic mass is 19.3. The number of benzene rings is 2. The van der Waals surface area contributed by atoms with E-state index in [1.54, 1.807) is 44.2 Å². The monoisotopic (exact) mass is 656 g/mol. The Morgan fingerprint density at radius 2 is 1.47 bits per heavy atom. The number of amides is 4. The van der Waals surface area contributed by atoms with Crippen LogP contribution in [0.15, 0.2) is 54.6 Å². The third-order valence-electron chi connectivity index (χ3n) is 8.01. The molecule has 1 unspecified atom stereocenters. The van der Waals surface area contributed by atoms with Crippen LogP contribution >= 0.6 is 0 Å². The Morgan fingerprint density at radius 3 is 2.04 bits per heavy atom. The minimum absolute atomic E-state index is 0.115. The van der Waals surface area contributed by atoms with Crippen LogP contribution in [0.4, 0.5) is 8.78 Å². The van der Waals surface area contributed by atoms with Crippen molar-refractivity contribution in [2.24, 2.45) is 11.8 Å². The number of hydrogen-bond donors (Lipinski definition) is 3. The molecule has 254 valence electrons. The van der Waals surface area contributed by atoms with Gasteiger partial charge in [0.25, 0.3) is 11.8 Å². The van der Waals surface area contributed by atoms with Crippen molar-refractivity contribution in [2.75, 3.05) is 20.2 Å². The SMILES string of the molecule is COC(=O)c1ccc(C(=O)N[C@H](C(=O)N2CCC[C@H]2C(=O)NC(C(=O)C(F)(F)C(=O)NCCc2ccccc2)C(C)C)C(C)C)cc1. The van der Waals surface area contributed by atoms with Gasteiger partial charge in [-0.3, -0.25) is 24.0 Å². The quantitative estimate of drug-likeness (QED) is 0.209. The Bertz CT molecular complexity index is 1450. The molecule has 13 heteroatoms. The summed E-state index contributed by atoms with van der Waals surface area (Å²) in [6.07, 6.45) is 0.921. The van der Waals surface area contributed by atoms with E-state index in [9.17, 15) is 28.8 Å². The number of nitrogens with zero attached hydrogens (tertiary/aromatic N) is 1. The molecule has 3 rings (SSSR count). The fourth-order valence-electron chi connectivity index (χ4n) is 5.26. The summed E-state index contributed by atoms with van der Waals surface area (Å²) in [5, 5.41) is 7.17. The Labute approximate surface area is 272 Å². The van der Waals surface area contributed by atoms with Gasteiger partial charge in [0.1, 0.15) is 12.1 Å². The Balaban J connectivity index is 1.68. The molecule has 1 fully saturated rings. The molecule has 3 N–H and O–H groups in total. The number of hydrogen-bond acceptors (Lipinski definition) is 7. The van der Waals surface area contributed by atoms with Crippen molar-refractivity contribution in [1.82, 2.24) is 20.9 Å². The fraction of sp³-hybridized carbons (Fsp3) is 0.471. The van der Waals surface area contributed by atoms with E-state index in [1.165, 1.54) is 50.1 Å². The molecule has 0 radical (unpaired) electrons. The summed E-state index contributed by atoms with van der Waals surface area (Å²) in [7, 11) is 1.23. The van der Waals surface area contributed by atoms with E-state index in [0.717, 1.165) is 5.56 Å². The first-order valence-corrected chi connectivity index (χ1v) is 15.5. The largest absolute Gasteiger partial charge is 0.465 e. The zero-order valence-corrected chi connectivity index (χ0v) is 27.2. The molecule has 11 nitrogen and oxygen atoms in total. The molecular formula is C34H42F2N4O7. The molecule has 4 amide bonds. The minimum atomic E-state index is -4.41. The van der Waals surface area contributed by atoms with Crippen LogP contribution in [0.25, 0.3) is 0 Å². The second-order valence-corrected chi connectivity index (χ2v) is 12.1. The van der Waals surface area contributed by atoms with Crippen LogP contribution < -0.4 is 16.0 Å². The number of carbonyl (C=O) groups is 6. The van der Waals surface area contributed by atoms with Crippen molar-refractivity contribution in [2.45, 2.75) is 71.0 Å². The van der Waals surface area contributed by atoms with Gasteiger partial charge in [-0.1, -0.05) is 58.0 Å². The molecule has 1 heterocycles. The number of alkyl halides is 2. The molecule has 2 aromatic rings. The van der Waals surface area contributed by atoms with Crippen LogP contribution in [-0.4, -0.2) is 84.5 Å². The maximum Gasteiger partial charge on any atom is 0.383 e. The summed E-state index contributed by atoms with van der Waals surface area (Å²) < 4.78 is 34.8. The van der Waals surface area contributed by atoms with Crippen LogP contribution in [0.3, 0.4) is 0 Å². The summed E-state index contributed by atoms with van der Waals surface area (Å²) in [6.45, 7) is 6.42. The number of ether oxygens (including phenoxy) is 1. The van der Waals surface area contributed by atoms with Crippen LogP contribution in [0.5, 0.6) is 0 Å². The second-order valence-electron chi connectivity index (χ2n) is 12.1. The summed E-state index contributed by atoms with van der Waals surface area (Å²) >= 11 is 0. The van der Waals surface area contributed by atoms with Gasteiger partial charge in [0.05, 0.1) is 18.7 Å². The van der Waals surface area contributed by atoms with Crippen molar-refractivity contribution < 1.29 is 42.3 Å². The van der Waals surface area contributed by atoms with Crippen molar-refractivity contribution >= 4 is 35.4 Å². The first-order chi connectivity index (χ1) is 22.2. The molecule has 0 aliphatic carbocycles. The van der Waals surface area contributed by atoms with E-state index in [-0.39, 0.29) is 37.1 Å². The average molecular weight is 657 g/mol. The van der Waals surface area contributed by atoms with Gasteiger partial charge >= 0.3 is 11.9 Å². The van der Waals surface area contributed by atoms with Crippen LogP contribution in [-0.2, 0) is 30.3 Å². The van der Waals surface area contributed by atoms with E-state index in [0.29, 0.717) is 6.42 Å². The lowest BCUT2D eigenvalue weighted by molar-refractivity contribution is -0.161. The molecule has 1 aliphatic rings. The van der Waals surface area contributed by atoms with Gasteiger partial charge < -0.3 is 25.6 Å². The van der Waals surface area contributed by atoms with Crippen LogP contribution in [0, 0.1) is 11.8 Å². The zero-order valence-electron chi connectivity index (χ0n) is 27.2. The van der Waals surface area contributed by atoms with E-state index in [2.05, 4.69) is 20.7 Å². The Morgan fingerprint density at radius 1 is 0.872 bits per heavy atom.